The SMILES string of the molecule is Cc1cccc(Nc2cc(N)nc(C(F)(F)F)n2)c1Br. The van der Waals surface area contributed by atoms with Crippen molar-refractivity contribution in [3.63, 3.8) is 0 Å². The monoisotopic (exact) mass is 346 g/mol. The topological polar surface area (TPSA) is 63.8 Å². The van der Waals surface area contributed by atoms with E-state index in [9.17, 15) is 13.2 Å². The number of aryl methyl sites for hydroxylation is 1. The van der Waals surface area contributed by atoms with E-state index in [1.54, 1.807) is 12.1 Å². The zero-order valence-electron chi connectivity index (χ0n) is 10.3. The Balaban J connectivity index is 2.39. The Morgan fingerprint density at radius 3 is 2.60 bits per heavy atom. The predicted octanol–water partition coefficient (Wildman–Crippen LogP) is 3.89. The first-order chi connectivity index (χ1) is 9.27. The molecule has 106 valence electrons. The molecule has 20 heavy (non-hydrogen) atoms. The Morgan fingerprint density at radius 2 is 1.95 bits per heavy atom. The highest BCUT2D eigenvalue weighted by Crippen LogP contribution is 2.31. The van der Waals surface area contributed by atoms with Crippen molar-refractivity contribution < 1.29 is 13.2 Å². The van der Waals surface area contributed by atoms with Gasteiger partial charge in [0.15, 0.2) is 0 Å². The van der Waals surface area contributed by atoms with Gasteiger partial charge in [0.05, 0.1) is 5.69 Å². The highest BCUT2D eigenvalue weighted by molar-refractivity contribution is 9.10. The molecule has 0 aliphatic heterocycles. The third kappa shape index (κ3) is 3.19. The summed E-state index contributed by atoms with van der Waals surface area (Å²) in [5.41, 5.74) is 6.91. The summed E-state index contributed by atoms with van der Waals surface area (Å²) in [6.45, 7) is 1.87. The number of anilines is 3. The molecule has 0 spiro atoms. The molecule has 0 saturated carbocycles. The highest BCUT2D eigenvalue weighted by atomic mass is 79.9. The predicted molar refractivity (Wildman–Crippen MR) is 73.6 cm³/mol. The van der Waals surface area contributed by atoms with Gasteiger partial charge in [-0.1, -0.05) is 12.1 Å². The van der Waals surface area contributed by atoms with Crippen LogP contribution in [0.3, 0.4) is 0 Å². The molecule has 1 aromatic carbocycles. The smallest absolute Gasteiger partial charge is 0.384 e. The fourth-order valence-electron chi connectivity index (χ4n) is 1.54. The van der Waals surface area contributed by atoms with Gasteiger partial charge in [-0.15, -0.1) is 0 Å². The lowest BCUT2D eigenvalue weighted by atomic mass is 10.2. The first kappa shape index (κ1) is 14.6. The van der Waals surface area contributed by atoms with Crippen LogP contribution in [0.1, 0.15) is 11.4 Å². The maximum absolute atomic E-state index is 12.6. The summed E-state index contributed by atoms with van der Waals surface area (Å²) in [5, 5.41) is 2.79. The lowest BCUT2D eigenvalue weighted by Crippen LogP contribution is -2.13. The molecule has 2 rings (SSSR count). The highest BCUT2D eigenvalue weighted by Gasteiger charge is 2.35. The average molecular weight is 347 g/mol. The van der Waals surface area contributed by atoms with Crippen LogP contribution < -0.4 is 11.1 Å². The molecule has 8 heteroatoms. The number of nitrogen functional groups attached to an aromatic ring is 1. The number of hydrogen-bond donors (Lipinski definition) is 2. The van der Waals surface area contributed by atoms with Crippen LogP contribution in [0.2, 0.25) is 0 Å². The molecule has 0 radical (unpaired) electrons. The molecule has 4 nitrogen and oxygen atoms in total. The van der Waals surface area contributed by atoms with Crippen molar-refractivity contribution in [3.8, 4) is 0 Å². The number of nitrogens with zero attached hydrogens (tertiary/aromatic N) is 2. The minimum Gasteiger partial charge on any atom is -0.384 e. The lowest BCUT2D eigenvalue weighted by molar-refractivity contribution is -0.144. The van der Waals surface area contributed by atoms with Gasteiger partial charge in [0.1, 0.15) is 11.6 Å². The summed E-state index contributed by atoms with van der Waals surface area (Å²) in [6, 6.07) is 6.59. The summed E-state index contributed by atoms with van der Waals surface area (Å²) < 4.78 is 38.6. The third-order valence-electron chi connectivity index (χ3n) is 2.45. The number of rotatable bonds is 2. The van der Waals surface area contributed by atoms with Crippen molar-refractivity contribution in [1.82, 2.24) is 9.97 Å². The zero-order chi connectivity index (χ0) is 14.9. The number of nitrogens with two attached hydrogens (primary N) is 1. The van der Waals surface area contributed by atoms with Crippen molar-refractivity contribution in [2.75, 3.05) is 11.1 Å². The van der Waals surface area contributed by atoms with Gasteiger partial charge in [0, 0.05) is 10.5 Å². The van der Waals surface area contributed by atoms with E-state index in [1.165, 1.54) is 6.07 Å². The summed E-state index contributed by atoms with van der Waals surface area (Å²) in [6.07, 6.45) is -4.64. The Labute approximate surface area is 121 Å². The summed E-state index contributed by atoms with van der Waals surface area (Å²) in [7, 11) is 0. The average Bonchev–Trinajstić information content (AvgIpc) is 2.33. The second-order valence-electron chi connectivity index (χ2n) is 4.06. The van der Waals surface area contributed by atoms with E-state index in [1.807, 2.05) is 13.0 Å². The van der Waals surface area contributed by atoms with Gasteiger partial charge in [0.25, 0.3) is 0 Å². The second kappa shape index (κ2) is 5.28. The van der Waals surface area contributed by atoms with Crippen molar-refractivity contribution >= 4 is 33.3 Å². The van der Waals surface area contributed by atoms with Crippen LogP contribution in [-0.2, 0) is 6.18 Å². The van der Waals surface area contributed by atoms with Crippen LogP contribution in [0.5, 0.6) is 0 Å². The summed E-state index contributed by atoms with van der Waals surface area (Å²) in [5.74, 6) is -1.54. The first-order valence-corrected chi connectivity index (χ1v) is 6.30. The number of nitrogens with one attached hydrogen (secondary N) is 1. The van der Waals surface area contributed by atoms with Gasteiger partial charge in [-0.05, 0) is 34.5 Å². The number of alkyl halides is 3. The molecule has 0 fully saturated rings. The fourth-order valence-corrected chi connectivity index (χ4v) is 1.90. The molecule has 2 aromatic rings. The van der Waals surface area contributed by atoms with E-state index in [0.717, 1.165) is 10.0 Å². The van der Waals surface area contributed by atoms with Crippen molar-refractivity contribution in [2.45, 2.75) is 13.1 Å². The van der Waals surface area contributed by atoms with Crippen molar-refractivity contribution in [3.05, 3.63) is 40.1 Å². The third-order valence-corrected chi connectivity index (χ3v) is 3.51. The second-order valence-corrected chi connectivity index (χ2v) is 4.85. The van der Waals surface area contributed by atoms with Crippen LogP contribution in [0.25, 0.3) is 0 Å². The Hall–Kier alpha value is -1.83. The van der Waals surface area contributed by atoms with Crippen LogP contribution in [0, 0.1) is 6.92 Å². The number of benzene rings is 1. The van der Waals surface area contributed by atoms with E-state index < -0.39 is 12.0 Å². The van der Waals surface area contributed by atoms with Crippen LogP contribution in [0.4, 0.5) is 30.5 Å². The molecular formula is C12H10BrF3N4. The zero-order valence-corrected chi connectivity index (χ0v) is 11.9. The number of hydrogen-bond acceptors (Lipinski definition) is 4. The minimum absolute atomic E-state index is 0.0175. The standard InChI is InChI=1S/C12H10BrF3N4/c1-6-3-2-4-7(10(6)13)18-9-5-8(17)19-11(20-9)12(14,15)16/h2-5H,1H3,(H3,17,18,19,20). The van der Waals surface area contributed by atoms with Gasteiger partial charge < -0.3 is 11.1 Å². The van der Waals surface area contributed by atoms with Gasteiger partial charge in [-0.3, -0.25) is 0 Å². The first-order valence-electron chi connectivity index (χ1n) is 5.51. The molecule has 0 saturated heterocycles. The lowest BCUT2D eigenvalue weighted by Gasteiger charge is -2.12. The van der Waals surface area contributed by atoms with Crippen LogP contribution >= 0.6 is 15.9 Å². The molecule has 1 aromatic heterocycles. The van der Waals surface area contributed by atoms with Gasteiger partial charge in [-0.2, -0.15) is 13.2 Å². The van der Waals surface area contributed by atoms with E-state index in [2.05, 4.69) is 31.2 Å². The Kier molecular flexibility index (Phi) is 3.85. The molecular weight excluding hydrogens is 337 g/mol. The summed E-state index contributed by atoms with van der Waals surface area (Å²) in [4.78, 5) is 6.60. The Bertz CT molecular complexity index is 643. The number of aromatic nitrogens is 2. The maximum Gasteiger partial charge on any atom is 0.451 e. The molecule has 0 amide bonds. The molecule has 3 N–H and O–H groups in total. The normalized spacial score (nSPS) is 11.4. The molecule has 0 unspecified atom stereocenters. The molecule has 0 aliphatic rings. The number of halogens is 4. The maximum atomic E-state index is 12.6. The Morgan fingerprint density at radius 1 is 1.25 bits per heavy atom. The van der Waals surface area contributed by atoms with E-state index in [4.69, 9.17) is 5.73 Å². The molecule has 0 aliphatic carbocycles. The largest absolute Gasteiger partial charge is 0.451 e. The molecule has 1 heterocycles. The quantitative estimate of drug-likeness (QED) is 0.865. The minimum atomic E-state index is -4.64. The van der Waals surface area contributed by atoms with E-state index in [-0.39, 0.29) is 11.6 Å². The van der Waals surface area contributed by atoms with Gasteiger partial charge >= 0.3 is 6.18 Å². The van der Waals surface area contributed by atoms with Crippen molar-refractivity contribution in [2.24, 2.45) is 0 Å². The van der Waals surface area contributed by atoms with Gasteiger partial charge in [0.2, 0.25) is 5.82 Å². The van der Waals surface area contributed by atoms with Gasteiger partial charge in [-0.25, -0.2) is 9.97 Å². The summed E-state index contributed by atoms with van der Waals surface area (Å²) >= 11 is 3.35. The molecule has 0 atom stereocenters. The van der Waals surface area contributed by atoms with Crippen LogP contribution in [-0.4, -0.2) is 9.97 Å². The fraction of sp³-hybridized carbons (Fsp3) is 0.167. The van der Waals surface area contributed by atoms with Crippen molar-refractivity contribution in [1.29, 1.82) is 0 Å². The van der Waals surface area contributed by atoms with E-state index in [0.29, 0.717) is 5.69 Å². The van der Waals surface area contributed by atoms with Crippen LogP contribution in [0.15, 0.2) is 28.7 Å². The molecule has 0 bridgehead atoms. The van der Waals surface area contributed by atoms with E-state index >= 15 is 0 Å².